The maximum atomic E-state index is 10.6. The van der Waals surface area contributed by atoms with E-state index >= 15 is 0 Å². The summed E-state index contributed by atoms with van der Waals surface area (Å²) >= 11 is 0. The van der Waals surface area contributed by atoms with Gasteiger partial charge in [0.25, 0.3) is 0 Å². The van der Waals surface area contributed by atoms with Gasteiger partial charge in [0, 0.05) is 13.7 Å². The zero-order valence-electron chi connectivity index (χ0n) is 5.96. The van der Waals surface area contributed by atoms with Crippen LogP contribution in [0.3, 0.4) is 0 Å². The van der Waals surface area contributed by atoms with Crippen LogP contribution in [0.25, 0.3) is 0 Å². The van der Waals surface area contributed by atoms with E-state index in [2.05, 4.69) is 5.32 Å². The summed E-state index contributed by atoms with van der Waals surface area (Å²) in [6.07, 6.45) is 0.851. The lowest BCUT2D eigenvalue weighted by Gasteiger charge is -2.04. The summed E-state index contributed by atoms with van der Waals surface area (Å²) in [6.45, 7) is 0.726. The van der Waals surface area contributed by atoms with Crippen LogP contribution in [0, 0.1) is 0 Å². The molecule has 4 nitrogen and oxygen atoms in total. The molecule has 0 aromatic heterocycles. The quantitative estimate of drug-likeness (QED) is 0.514. The molecule has 1 aliphatic heterocycles. The third-order valence-corrected chi connectivity index (χ3v) is 1.77. The van der Waals surface area contributed by atoms with Crippen molar-refractivity contribution in [3.8, 4) is 0 Å². The smallest absolute Gasteiger partial charge is 0.234 e. The number of hydrogen-bond donors (Lipinski definition) is 2. The van der Waals surface area contributed by atoms with E-state index < -0.39 is 0 Å². The first-order valence-corrected chi connectivity index (χ1v) is 3.29. The van der Waals surface area contributed by atoms with Crippen molar-refractivity contribution in [3.05, 3.63) is 0 Å². The predicted molar refractivity (Wildman–Crippen MR) is 36.4 cm³/mol. The maximum absolute atomic E-state index is 10.6. The van der Waals surface area contributed by atoms with E-state index in [1.165, 1.54) is 0 Å². The fourth-order valence-corrected chi connectivity index (χ4v) is 1.10. The fourth-order valence-electron chi connectivity index (χ4n) is 1.10. The molecule has 2 atom stereocenters. The second-order valence-corrected chi connectivity index (χ2v) is 2.46. The highest BCUT2D eigenvalue weighted by atomic mass is 16.5. The molecule has 1 rings (SSSR count). The molecule has 0 unspecified atom stereocenters. The highest BCUT2D eigenvalue weighted by Crippen LogP contribution is 2.08. The molecule has 0 aromatic carbocycles. The molecule has 58 valence electrons. The van der Waals surface area contributed by atoms with E-state index in [1.807, 2.05) is 0 Å². The van der Waals surface area contributed by atoms with Crippen molar-refractivity contribution in [3.63, 3.8) is 0 Å². The van der Waals surface area contributed by atoms with Crippen molar-refractivity contribution in [2.45, 2.75) is 18.6 Å². The first-order chi connectivity index (χ1) is 4.74. The average molecular weight is 144 g/mol. The lowest BCUT2D eigenvalue weighted by molar-refractivity contribution is -0.119. The molecule has 10 heavy (non-hydrogen) atoms. The molecule has 0 radical (unpaired) electrons. The molecule has 1 heterocycles. The maximum Gasteiger partial charge on any atom is 0.234 e. The van der Waals surface area contributed by atoms with E-state index in [9.17, 15) is 4.79 Å². The number of carbonyl (C=O) groups excluding carboxylic acids is 1. The molecule has 0 bridgehead atoms. The van der Waals surface area contributed by atoms with E-state index in [4.69, 9.17) is 10.5 Å². The minimum absolute atomic E-state index is 0.150. The largest absolute Gasteiger partial charge is 0.380 e. The number of hydrogen-bond acceptors (Lipinski definition) is 3. The van der Waals surface area contributed by atoms with Gasteiger partial charge in [-0.2, -0.15) is 0 Å². The molecule has 3 N–H and O–H groups in total. The molecular formula is C6H12N2O2. The molecule has 0 aromatic rings. The Balaban J connectivity index is 2.35. The predicted octanol–water partition coefficient (Wildman–Crippen LogP) is -1.15. The van der Waals surface area contributed by atoms with Gasteiger partial charge in [-0.25, -0.2) is 0 Å². The normalized spacial score (nSPS) is 32.5. The van der Waals surface area contributed by atoms with Crippen LogP contribution < -0.4 is 11.1 Å². The van der Waals surface area contributed by atoms with Crippen molar-refractivity contribution >= 4 is 5.91 Å². The SMILES string of the molecule is CO[C@H]1CN[C@@H](C(N)=O)C1. The van der Waals surface area contributed by atoms with Crippen LogP contribution in [0.5, 0.6) is 0 Å². The van der Waals surface area contributed by atoms with Crippen LogP contribution in [-0.4, -0.2) is 31.7 Å². The Morgan fingerprint density at radius 2 is 2.50 bits per heavy atom. The zero-order chi connectivity index (χ0) is 7.56. The minimum Gasteiger partial charge on any atom is -0.380 e. The number of carbonyl (C=O) groups is 1. The van der Waals surface area contributed by atoms with Crippen LogP contribution in [0.15, 0.2) is 0 Å². The summed E-state index contributed by atoms with van der Waals surface area (Å²) in [4.78, 5) is 10.6. The molecule has 0 aliphatic carbocycles. The average Bonchev–Trinajstić information content (AvgIpc) is 2.34. The molecular weight excluding hydrogens is 132 g/mol. The lowest BCUT2D eigenvalue weighted by atomic mass is 10.2. The first-order valence-electron chi connectivity index (χ1n) is 3.29. The van der Waals surface area contributed by atoms with Crippen molar-refractivity contribution in [1.82, 2.24) is 5.32 Å². The van der Waals surface area contributed by atoms with Gasteiger partial charge < -0.3 is 15.8 Å². The molecule has 1 saturated heterocycles. The Morgan fingerprint density at radius 3 is 2.80 bits per heavy atom. The van der Waals surface area contributed by atoms with Gasteiger partial charge in [-0.3, -0.25) is 4.79 Å². The van der Waals surface area contributed by atoms with Gasteiger partial charge >= 0.3 is 0 Å². The Morgan fingerprint density at radius 1 is 1.80 bits per heavy atom. The Kier molecular flexibility index (Phi) is 2.24. The van der Waals surface area contributed by atoms with E-state index in [0.29, 0.717) is 6.42 Å². The minimum atomic E-state index is -0.292. The molecule has 1 aliphatic rings. The molecule has 0 spiro atoms. The van der Waals surface area contributed by atoms with Gasteiger partial charge in [0.15, 0.2) is 0 Å². The standard InChI is InChI=1S/C6H12N2O2/c1-10-4-2-5(6(7)9)8-3-4/h4-5,8H,2-3H2,1H3,(H2,7,9)/t4-,5-/m1/s1. The first kappa shape index (κ1) is 7.50. The number of nitrogens with one attached hydrogen (secondary N) is 1. The van der Waals surface area contributed by atoms with Crippen LogP contribution in [0.2, 0.25) is 0 Å². The van der Waals surface area contributed by atoms with Crippen LogP contribution in [0.4, 0.5) is 0 Å². The summed E-state index contributed by atoms with van der Waals surface area (Å²) in [5, 5.41) is 2.96. The van der Waals surface area contributed by atoms with E-state index in [1.54, 1.807) is 7.11 Å². The summed E-state index contributed by atoms with van der Waals surface area (Å²) in [6, 6.07) is -0.190. The van der Waals surface area contributed by atoms with Gasteiger partial charge in [-0.05, 0) is 6.42 Å². The summed E-state index contributed by atoms with van der Waals surface area (Å²) < 4.78 is 5.02. The van der Waals surface area contributed by atoms with Crippen LogP contribution in [-0.2, 0) is 9.53 Å². The molecule has 4 heteroatoms. The number of ether oxygens (including phenoxy) is 1. The van der Waals surface area contributed by atoms with E-state index in [0.717, 1.165) is 6.54 Å². The number of primary amides is 1. The highest BCUT2D eigenvalue weighted by molar-refractivity contribution is 5.80. The number of amides is 1. The van der Waals surface area contributed by atoms with Crippen LogP contribution in [0.1, 0.15) is 6.42 Å². The highest BCUT2D eigenvalue weighted by Gasteiger charge is 2.27. The third-order valence-electron chi connectivity index (χ3n) is 1.77. The van der Waals surface area contributed by atoms with Gasteiger partial charge in [0.2, 0.25) is 5.91 Å². The van der Waals surface area contributed by atoms with E-state index in [-0.39, 0.29) is 18.1 Å². The molecule has 1 amide bonds. The van der Waals surface area contributed by atoms with Crippen molar-refractivity contribution in [2.24, 2.45) is 5.73 Å². The third kappa shape index (κ3) is 1.46. The monoisotopic (exact) mass is 144 g/mol. The lowest BCUT2D eigenvalue weighted by Crippen LogP contribution is -2.36. The number of nitrogens with two attached hydrogens (primary N) is 1. The Bertz CT molecular complexity index is 138. The number of rotatable bonds is 2. The van der Waals surface area contributed by atoms with Crippen molar-refractivity contribution in [2.75, 3.05) is 13.7 Å². The number of methoxy groups -OCH3 is 1. The van der Waals surface area contributed by atoms with Gasteiger partial charge in [0.05, 0.1) is 12.1 Å². The van der Waals surface area contributed by atoms with Crippen LogP contribution >= 0.6 is 0 Å². The Hall–Kier alpha value is -0.610. The van der Waals surface area contributed by atoms with Crippen molar-refractivity contribution < 1.29 is 9.53 Å². The summed E-state index contributed by atoms with van der Waals surface area (Å²) in [7, 11) is 1.63. The zero-order valence-corrected chi connectivity index (χ0v) is 5.96. The second kappa shape index (κ2) is 2.98. The Labute approximate surface area is 59.7 Å². The van der Waals surface area contributed by atoms with Gasteiger partial charge in [0.1, 0.15) is 0 Å². The second-order valence-electron chi connectivity index (χ2n) is 2.46. The van der Waals surface area contributed by atoms with Gasteiger partial charge in [-0.1, -0.05) is 0 Å². The summed E-state index contributed by atoms with van der Waals surface area (Å²) in [5.41, 5.74) is 5.06. The van der Waals surface area contributed by atoms with Gasteiger partial charge in [-0.15, -0.1) is 0 Å². The fraction of sp³-hybridized carbons (Fsp3) is 0.833. The van der Waals surface area contributed by atoms with Crippen molar-refractivity contribution in [1.29, 1.82) is 0 Å². The molecule has 1 fully saturated rings. The summed E-state index contributed by atoms with van der Waals surface area (Å²) in [5.74, 6) is -0.292. The molecule has 0 saturated carbocycles. The topological polar surface area (TPSA) is 64.3 Å².